The fraction of sp³-hybridized carbons (Fsp3) is 0.500. The number of rotatable bonds is 4. The van der Waals surface area contributed by atoms with Crippen LogP contribution in [0, 0.1) is 0 Å². The molecule has 1 heterocycles. The van der Waals surface area contributed by atoms with Crippen LogP contribution in [-0.4, -0.2) is 48.9 Å². The van der Waals surface area contributed by atoms with Gasteiger partial charge >= 0.3 is 0 Å². The van der Waals surface area contributed by atoms with Crippen LogP contribution in [0.4, 0.5) is 0 Å². The van der Waals surface area contributed by atoms with Crippen LogP contribution < -0.4 is 10.6 Å². The van der Waals surface area contributed by atoms with Gasteiger partial charge in [-0.05, 0) is 25.0 Å². The van der Waals surface area contributed by atoms with E-state index in [0.717, 1.165) is 18.5 Å². The van der Waals surface area contributed by atoms with E-state index in [-0.39, 0.29) is 11.8 Å². The third-order valence-corrected chi connectivity index (χ3v) is 3.79. The van der Waals surface area contributed by atoms with Crippen molar-refractivity contribution in [1.82, 2.24) is 15.5 Å². The predicted molar refractivity (Wildman–Crippen MR) is 82.2 cm³/mol. The van der Waals surface area contributed by atoms with Crippen molar-refractivity contribution in [3.8, 4) is 0 Å². The van der Waals surface area contributed by atoms with Crippen molar-refractivity contribution in [2.45, 2.75) is 26.3 Å². The Balaban J connectivity index is 2.24. The molecule has 5 nitrogen and oxygen atoms in total. The number of likely N-dealkylation sites (N-methyl/N-ethyl adjacent to an activating group) is 1. The maximum atomic E-state index is 12.8. The van der Waals surface area contributed by atoms with Crippen LogP contribution in [0.2, 0.25) is 0 Å². The molecule has 5 heteroatoms. The minimum Gasteiger partial charge on any atom is -0.355 e. The number of nitrogens with zero attached hydrogens (tertiary/aromatic N) is 1. The second kappa shape index (κ2) is 7.22. The Hall–Kier alpha value is -1.88. The van der Waals surface area contributed by atoms with E-state index in [9.17, 15) is 9.59 Å². The van der Waals surface area contributed by atoms with Crippen LogP contribution in [0.25, 0.3) is 0 Å². The lowest BCUT2D eigenvalue weighted by atomic mass is 10.0. The highest BCUT2D eigenvalue weighted by molar-refractivity contribution is 5.99. The molecule has 1 aliphatic heterocycles. The maximum Gasteiger partial charge on any atom is 0.254 e. The number of nitrogens with one attached hydrogen (secondary N) is 2. The van der Waals surface area contributed by atoms with Gasteiger partial charge in [0, 0.05) is 31.7 Å². The maximum absolute atomic E-state index is 12.8. The van der Waals surface area contributed by atoms with Crippen molar-refractivity contribution in [1.29, 1.82) is 0 Å². The van der Waals surface area contributed by atoms with E-state index >= 15 is 0 Å². The third kappa shape index (κ3) is 3.42. The van der Waals surface area contributed by atoms with Gasteiger partial charge in [-0.2, -0.15) is 0 Å². The standard InChI is InChI=1S/C16H23N3O2/c1-3-12-7-5-6-8-13(12)16(21)19-10-9-17-11-14(19)15(20)18-4-2/h5-8,14,17H,3-4,9-11H2,1-2H3,(H,18,20). The Bertz CT molecular complexity index is 516. The Morgan fingerprint density at radius 2 is 2.10 bits per heavy atom. The quantitative estimate of drug-likeness (QED) is 0.862. The molecule has 1 aliphatic rings. The number of carbonyl (C=O) groups excluding carboxylic acids is 2. The third-order valence-electron chi connectivity index (χ3n) is 3.79. The molecule has 1 aromatic carbocycles. The van der Waals surface area contributed by atoms with Gasteiger partial charge in [-0.1, -0.05) is 25.1 Å². The van der Waals surface area contributed by atoms with E-state index in [0.29, 0.717) is 25.2 Å². The molecule has 2 rings (SSSR count). The number of hydrogen-bond acceptors (Lipinski definition) is 3. The van der Waals surface area contributed by atoms with E-state index in [1.165, 1.54) is 0 Å². The monoisotopic (exact) mass is 289 g/mol. The predicted octanol–water partition coefficient (Wildman–Crippen LogP) is 0.799. The summed E-state index contributed by atoms with van der Waals surface area (Å²) in [6, 6.07) is 7.19. The molecule has 0 saturated carbocycles. The van der Waals surface area contributed by atoms with Crippen molar-refractivity contribution >= 4 is 11.8 Å². The number of carbonyl (C=O) groups is 2. The zero-order valence-corrected chi connectivity index (χ0v) is 12.7. The fourth-order valence-corrected chi connectivity index (χ4v) is 2.67. The van der Waals surface area contributed by atoms with Crippen molar-refractivity contribution in [2.75, 3.05) is 26.2 Å². The lowest BCUT2D eigenvalue weighted by Gasteiger charge is -2.35. The van der Waals surface area contributed by atoms with Crippen LogP contribution in [-0.2, 0) is 11.2 Å². The topological polar surface area (TPSA) is 61.4 Å². The first-order valence-corrected chi connectivity index (χ1v) is 7.56. The Kier molecular flexibility index (Phi) is 5.33. The van der Waals surface area contributed by atoms with Gasteiger partial charge in [0.15, 0.2) is 0 Å². The van der Waals surface area contributed by atoms with E-state index in [1.54, 1.807) is 4.90 Å². The second-order valence-electron chi connectivity index (χ2n) is 5.12. The number of hydrogen-bond donors (Lipinski definition) is 2. The first-order valence-electron chi connectivity index (χ1n) is 7.56. The van der Waals surface area contributed by atoms with Gasteiger partial charge in [0.2, 0.25) is 5.91 Å². The fourth-order valence-electron chi connectivity index (χ4n) is 2.67. The summed E-state index contributed by atoms with van der Waals surface area (Å²) in [5.74, 6) is -0.141. The highest BCUT2D eigenvalue weighted by Gasteiger charge is 2.32. The molecule has 1 unspecified atom stereocenters. The summed E-state index contributed by atoms with van der Waals surface area (Å²) in [4.78, 5) is 26.7. The summed E-state index contributed by atoms with van der Waals surface area (Å²) in [5.41, 5.74) is 1.73. The molecular formula is C16H23N3O2. The molecule has 0 bridgehead atoms. The molecule has 21 heavy (non-hydrogen) atoms. The van der Waals surface area contributed by atoms with Crippen molar-refractivity contribution < 1.29 is 9.59 Å². The summed E-state index contributed by atoms with van der Waals surface area (Å²) in [7, 11) is 0. The highest BCUT2D eigenvalue weighted by atomic mass is 16.2. The van der Waals surface area contributed by atoms with E-state index in [1.807, 2.05) is 38.1 Å². The van der Waals surface area contributed by atoms with Crippen molar-refractivity contribution in [2.24, 2.45) is 0 Å². The van der Waals surface area contributed by atoms with Gasteiger partial charge in [-0.15, -0.1) is 0 Å². The first-order chi connectivity index (χ1) is 10.2. The van der Waals surface area contributed by atoms with Crippen LogP contribution >= 0.6 is 0 Å². The second-order valence-corrected chi connectivity index (χ2v) is 5.12. The summed E-state index contributed by atoms with van der Waals surface area (Å²) in [6.07, 6.45) is 0.805. The lowest BCUT2D eigenvalue weighted by molar-refractivity contribution is -0.126. The molecule has 0 aromatic heterocycles. The zero-order valence-electron chi connectivity index (χ0n) is 12.7. The van der Waals surface area contributed by atoms with Crippen LogP contribution in [0.5, 0.6) is 0 Å². The van der Waals surface area contributed by atoms with Crippen LogP contribution in [0.3, 0.4) is 0 Å². The number of piperazine rings is 1. The van der Waals surface area contributed by atoms with E-state index in [4.69, 9.17) is 0 Å². The van der Waals surface area contributed by atoms with Gasteiger partial charge in [-0.25, -0.2) is 0 Å². The summed E-state index contributed by atoms with van der Waals surface area (Å²) < 4.78 is 0. The molecule has 0 aliphatic carbocycles. The molecule has 2 N–H and O–H groups in total. The Morgan fingerprint density at radius 3 is 2.81 bits per heavy atom. The molecule has 1 saturated heterocycles. The van der Waals surface area contributed by atoms with E-state index < -0.39 is 6.04 Å². The number of benzene rings is 1. The molecule has 0 spiro atoms. The summed E-state index contributed by atoms with van der Waals surface area (Å²) >= 11 is 0. The van der Waals surface area contributed by atoms with Crippen molar-refractivity contribution in [3.63, 3.8) is 0 Å². The molecule has 0 radical (unpaired) electrons. The summed E-state index contributed by atoms with van der Waals surface area (Å²) in [6.45, 7) is 6.27. The molecule has 1 aromatic rings. The molecule has 2 amide bonds. The first kappa shape index (κ1) is 15.5. The number of amides is 2. The van der Waals surface area contributed by atoms with Crippen molar-refractivity contribution in [3.05, 3.63) is 35.4 Å². The van der Waals surface area contributed by atoms with Gasteiger partial charge in [0.1, 0.15) is 6.04 Å². The van der Waals surface area contributed by atoms with Gasteiger partial charge in [0.25, 0.3) is 5.91 Å². The summed E-state index contributed by atoms with van der Waals surface area (Å²) in [5, 5.41) is 5.99. The van der Waals surface area contributed by atoms with Gasteiger partial charge in [-0.3, -0.25) is 9.59 Å². The smallest absolute Gasteiger partial charge is 0.254 e. The average Bonchev–Trinajstić information content (AvgIpc) is 2.54. The highest BCUT2D eigenvalue weighted by Crippen LogP contribution is 2.15. The van der Waals surface area contributed by atoms with E-state index in [2.05, 4.69) is 10.6 Å². The minimum atomic E-state index is -0.434. The average molecular weight is 289 g/mol. The number of aryl methyl sites for hydroxylation is 1. The molecule has 1 atom stereocenters. The van der Waals surface area contributed by atoms with Crippen LogP contribution in [0.1, 0.15) is 29.8 Å². The van der Waals surface area contributed by atoms with Gasteiger partial charge in [0.05, 0.1) is 0 Å². The normalized spacial score (nSPS) is 18.4. The molecule has 114 valence electrons. The Labute approximate surface area is 125 Å². The largest absolute Gasteiger partial charge is 0.355 e. The van der Waals surface area contributed by atoms with Gasteiger partial charge < -0.3 is 15.5 Å². The molecule has 1 fully saturated rings. The minimum absolute atomic E-state index is 0.0507. The lowest BCUT2D eigenvalue weighted by Crippen LogP contribution is -2.59. The zero-order chi connectivity index (χ0) is 15.2. The Morgan fingerprint density at radius 1 is 1.33 bits per heavy atom. The molecular weight excluding hydrogens is 266 g/mol. The van der Waals surface area contributed by atoms with Crippen LogP contribution in [0.15, 0.2) is 24.3 Å². The SMILES string of the molecule is CCNC(=O)C1CNCCN1C(=O)c1ccccc1CC.